The Morgan fingerprint density at radius 1 is 1.35 bits per heavy atom. The molecular formula is C14H12BrNO2S2. The van der Waals surface area contributed by atoms with E-state index >= 15 is 0 Å². The number of carbonyl (C=O) groups is 1. The van der Waals surface area contributed by atoms with Crippen molar-refractivity contribution >= 4 is 44.5 Å². The second-order valence-corrected chi connectivity index (χ2v) is 6.71. The van der Waals surface area contributed by atoms with E-state index < -0.39 is 0 Å². The molecule has 0 saturated carbocycles. The molecule has 6 heteroatoms. The molecule has 104 valence electrons. The van der Waals surface area contributed by atoms with Gasteiger partial charge in [-0.2, -0.15) is 0 Å². The first kappa shape index (κ1) is 15.3. The minimum absolute atomic E-state index is 0.0576. The Hall–Kier alpha value is -1.13. The third-order valence-corrected chi connectivity index (χ3v) is 4.90. The van der Waals surface area contributed by atoms with Gasteiger partial charge in [0.25, 0.3) is 5.91 Å². The van der Waals surface area contributed by atoms with Crippen LogP contribution in [0.4, 0.5) is 0 Å². The summed E-state index contributed by atoms with van der Waals surface area (Å²) >= 11 is 6.42. The number of hydrogen-bond acceptors (Lipinski definition) is 4. The van der Waals surface area contributed by atoms with Crippen molar-refractivity contribution in [1.82, 2.24) is 5.32 Å². The van der Waals surface area contributed by atoms with E-state index in [1.165, 1.54) is 11.3 Å². The van der Waals surface area contributed by atoms with Crippen LogP contribution in [0, 0.1) is 11.8 Å². The van der Waals surface area contributed by atoms with Crippen molar-refractivity contribution in [2.75, 3.05) is 6.61 Å². The van der Waals surface area contributed by atoms with Gasteiger partial charge >= 0.3 is 0 Å². The highest BCUT2D eigenvalue weighted by atomic mass is 79.9. The van der Waals surface area contributed by atoms with E-state index in [9.17, 15) is 4.79 Å². The zero-order valence-electron chi connectivity index (χ0n) is 10.5. The van der Waals surface area contributed by atoms with Crippen LogP contribution in [-0.2, 0) is 6.54 Å². The molecule has 0 spiro atoms. The monoisotopic (exact) mass is 369 g/mol. The Labute approximate surface area is 133 Å². The van der Waals surface area contributed by atoms with E-state index in [4.69, 9.17) is 5.11 Å². The van der Waals surface area contributed by atoms with E-state index in [1.807, 2.05) is 11.4 Å². The average molecular weight is 370 g/mol. The van der Waals surface area contributed by atoms with Gasteiger partial charge in [-0.15, -0.1) is 22.7 Å². The summed E-state index contributed by atoms with van der Waals surface area (Å²) in [5, 5.41) is 15.3. The first-order chi connectivity index (χ1) is 9.69. The Kier molecular flexibility index (Phi) is 5.80. The molecule has 0 aliphatic heterocycles. The lowest BCUT2D eigenvalue weighted by Crippen LogP contribution is -2.21. The van der Waals surface area contributed by atoms with Crippen molar-refractivity contribution in [3.05, 3.63) is 42.7 Å². The van der Waals surface area contributed by atoms with Crippen LogP contribution in [0.25, 0.3) is 0 Å². The summed E-state index contributed by atoms with van der Waals surface area (Å²) in [6, 6.07) is 3.76. The highest BCUT2D eigenvalue weighted by Crippen LogP contribution is 2.19. The minimum Gasteiger partial charge on any atom is -0.395 e. The van der Waals surface area contributed by atoms with Crippen LogP contribution in [0.3, 0.4) is 0 Å². The van der Waals surface area contributed by atoms with Crippen LogP contribution in [0.1, 0.15) is 26.5 Å². The molecule has 2 heterocycles. The number of aliphatic hydroxyl groups excluding tert-OH is 1. The van der Waals surface area contributed by atoms with Crippen LogP contribution >= 0.6 is 38.6 Å². The fourth-order valence-corrected chi connectivity index (χ4v) is 3.59. The fourth-order valence-electron chi connectivity index (χ4n) is 1.44. The van der Waals surface area contributed by atoms with Crippen LogP contribution in [0.2, 0.25) is 0 Å². The molecule has 0 aliphatic carbocycles. The number of hydrogen-bond donors (Lipinski definition) is 2. The van der Waals surface area contributed by atoms with Crippen molar-refractivity contribution in [3.63, 3.8) is 0 Å². The van der Waals surface area contributed by atoms with Gasteiger partial charge in [-0.05, 0) is 28.1 Å². The highest BCUT2D eigenvalue weighted by molar-refractivity contribution is 9.10. The van der Waals surface area contributed by atoms with E-state index in [0.29, 0.717) is 18.5 Å². The van der Waals surface area contributed by atoms with Gasteiger partial charge in [0, 0.05) is 26.5 Å². The van der Waals surface area contributed by atoms with Gasteiger partial charge in [0.1, 0.15) is 0 Å². The summed E-state index contributed by atoms with van der Waals surface area (Å²) < 4.78 is 1.03. The maximum atomic E-state index is 12.0. The summed E-state index contributed by atoms with van der Waals surface area (Å²) in [5.74, 6) is 5.67. The molecule has 2 rings (SSSR count). The molecule has 0 saturated heterocycles. The number of amides is 1. The van der Waals surface area contributed by atoms with E-state index in [0.717, 1.165) is 14.2 Å². The molecule has 0 fully saturated rings. The molecule has 0 unspecified atom stereocenters. The van der Waals surface area contributed by atoms with Crippen LogP contribution in [0.15, 0.2) is 27.4 Å². The summed E-state index contributed by atoms with van der Waals surface area (Å²) in [6.07, 6.45) is 0.451. The molecule has 3 nitrogen and oxygen atoms in total. The molecule has 0 aromatic carbocycles. The second-order valence-electron chi connectivity index (χ2n) is 3.89. The molecule has 20 heavy (non-hydrogen) atoms. The topological polar surface area (TPSA) is 49.3 Å². The standard InChI is InChI=1S/C14H12BrNO2S2/c15-11-6-13(20-9-11)7-16-14(18)10-5-12(19-8-10)3-1-2-4-17/h5-6,8-9,17H,2,4,7H2,(H,16,18). The Bertz CT molecular complexity index is 651. The number of halogens is 1. The van der Waals surface area contributed by atoms with Gasteiger partial charge in [-0.3, -0.25) is 4.79 Å². The van der Waals surface area contributed by atoms with E-state index in [1.54, 1.807) is 22.8 Å². The predicted octanol–water partition coefficient (Wildman–Crippen LogP) is 3.24. The second kappa shape index (κ2) is 7.60. The summed E-state index contributed by atoms with van der Waals surface area (Å²) in [5.41, 5.74) is 0.624. The summed E-state index contributed by atoms with van der Waals surface area (Å²) in [6.45, 7) is 0.582. The first-order valence-electron chi connectivity index (χ1n) is 5.88. The summed E-state index contributed by atoms with van der Waals surface area (Å²) in [7, 11) is 0. The molecule has 2 aromatic rings. The fraction of sp³-hybridized carbons (Fsp3) is 0.214. The molecule has 2 aromatic heterocycles. The molecule has 0 radical (unpaired) electrons. The van der Waals surface area contributed by atoms with E-state index in [-0.39, 0.29) is 12.5 Å². The number of carbonyl (C=O) groups excluding carboxylic acids is 1. The first-order valence-corrected chi connectivity index (χ1v) is 8.43. The van der Waals surface area contributed by atoms with Crippen molar-refractivity contribution in [2.45, 2.75) is 13.0 Å². The lowest BCUT2D eigenvalue weighted by molar-refractivity contribution is 0.0951. The largest absolute Gasteiger partial charge is 0.395 e. The van der Waals surface area contributed by atoms with Crippen LogP contribution in [0.5, 0.6) is 0 Å². The van der Waals surface area contributed by atoms with Gasteiger partial charge in [-0.1, -0.05) is 11.8 Å². The SMILES string of the molecule is O=C(NCc1cc(Br)cs1)c1csc(C#CCCO)c1. The molecule has 2 N–H and O–H groups in total. The number of nitrogens with one attached hydrogen (secondary N) is 1. The molecule has 0 aliphatic rings. The van der Waals surface area contributed by atoms with E-state index in [2.05, 4.69) is 33.1 Å². The number of thiophene rings is 2. The van der Waals surface area contributed by atoms with Crippen molar-refractivity contribution in [1.29, 1.82) is 0 Å². The molecule has 1 amide bonds. The average Bonchev–Trinajstić information content (AvgIpc) is 3.06. The Morgan fingerprint density at radius 2 is 2.20 bits per heavy atom. The Balaban J connectivity index is 1.91. The van der Waals surface area contributed by atoms with Crippen molar-refractivity contribution < 1.29 is 9.90 Å². The van der Waals surface area contributed by atoms with Crippen LogP contribution in [-0.4, -0.2) is 17.6 Å². The Morgan fingerprint density at radius 3 is 2.90 bits per heavy atom. The van der Waals surface area contributed by atoms with Gasteiger partial charge in [0.2, 0.25) is 0 Å². The predicted molar refractivity (Wildman–Crippen MR) is 86.1 cm³/mol. The van der Waals surface area contributed by atoms with Crippen molar-refractivity contribution in [3.8, 4) is 11.8 Å². The van der Waals surface area contributed by atoms with Gasteiger partial charge in [0.05, 0.1) is 23.6 Å². The zero-order valence-corrected chi connectivity index (χ0v) is 13.7. The van der Waals surface area contributed by atoms with Gasteiger partial charge < -0.3 is 10.4 Å². The number of aliphatic hydroxyl groups is 1. The quantitative estimate of drug-likeness (QED) is 0.812. The molecule has 0 atom stereocenters. The van der Waals surface area contributed by atoms with Gasteiger partial charge in [-0.25, -0.2) is 0 Å². The third kappa shape index (κ3) is 4.46. The van der Waals surface area contributed by atoms with Gasteiger partial charge in [0.15, 0.2) is 0 Å². The normalized spacial score (nSPS) is 9.90. The smallest absolute Gasteiger partial charge is 0.252 e. The summed E-state index contributed by atoms with van der Waals surface area (Å²) in [4.78, 5) is 13.9. The number of rotatable bonds is 4. The maximum Gasteiger partial charge on any atom is 0.252 e. The minimum atomic E-state index is -0.0963. The molecule has 0 bridgehead atoms. The zero-order chi connectivity index (χ0) is 14.4. The van der Waals surface area contributed by atoms with Crippen molar-refractivity contribution in [2.24, 2.45) is 0 Å². The highest BCUT2D eigenvalue weighted by Gasteiger charge is 2.08. The third-order valence-electron chi connectivity index (χ3n) is 2.35. The maximum absolute atomic E-state index is 12.0. The lowest BCUT2D eigenvalue weighted by Gasteiger charge is -2.00. The van der Waals surface area contributed by atoms with Crippen LogP contribution < -0.4 is 5.32 Å². The molecular weight excluding hydrogens is 358 g/mol. The lowest BCUT2D eigenvalue weighted by atomic mass is 10.3.